The van der Waals surface area contributed by atoms with Gasteiger partial charge in [0.2, 0.25) is 0 Å². The van der Waals surface area contributed by atoms with E-state index in [1.807, 2.05) is 62.1 Å². The van der Waals surface area contributed by atoms with Crippen molar-refractivity contribution in [3.63, 3.8) is 0 Å². The van der Waals surface area contributed by atoms with E-state index in [9.17, 15) is 0 Å². The normalized spacial score (nSPS) is 12.3. The van der Waals surface area contributed by atoms with Crippen LogP contribution in [0.5, 0.6) is 0 Å². The van der Waals surface area contributed by atoms with Gasteiger partial charge in [0, 0.05) is 64.6 Å². The molecule has 2 N–H and O–H groups in total. The Hall–Kier alpha value is -6.01. The fraction of sp³-hybridized carbons (Fsp3) is 0.0263. The first kappa shape index (κ1) is 25.7. The first-order chi connectivity index (χ1) is 21.8. The van der Waals surface area contributed by atoms with E-state index in [-0.39, 0.29) is 0 Å². The molecule has 0 radical (unpaired) electrons. The first-order valence-electron chi connectivity index (χ1n) is 14.6. The molecule has 0 unspecified atom stereocenters. The number of allylic oxidation sites excluding steroid dienone is 3. The van der Waals surface area contributed by atoms with Gasteiger partial charge in [0.25, 0.3) is 0 Å². The maximum atomic E-state index is 6.18. The number of para-hydroxylation sites is 2. The summed E-state index contributed by atoms with van der Waals surface area (Å²) in [6, 6.07) is 31.8. The second-order valence-electron chi connectivity index (χ2n) is 10.8. The standard InChI is InChI=1S/C38H28N6/c1-2-8-25(22-39)27-19-28(26-9-7-16-41-23-26)21-30(20-27)43-34-12-5-3-10-31(34)33-24-42-38-36(37(33)43)32-11-4-6-13-35(32)44(38)29-14-17-40-18-15-29/h2-24H,39H2,1H3/b8-2-,25-22+. The van der Waals surface area contributed by atoms with Crippen LogP contribution in [0.2, 0.25) is 0 Å². The molecule has 0 saturated heterocycles. The first-order valence-corrected chi connectivity index (χ1v) is 14.6. The molecule has 210 valence electrons. The number of aromatic nitrogens is 5. The molecule has 0 aliphatic heterocycles. The summed E-state index contributed by atoms with van der Waals surface area (Å²) in [6.45, 7) is 2.00. The van der Waals surface area contributed by atoms with Crippen molar-refractivity contribution < 1.29 is 0 Å². The van der Waals surface area contributed by atoms with Crippen molar-refractivity contribution in [1.29, 1.82) is 0 Å². The van der Waals surface area contributed by atoms with Crippen LogP contribution in [0.4, 0.5) is 0 Å². The van der Waals surface area contributed by atoms with E-state index in [1.165, 1.54) is 0 Å². The van der Waals surface area contributed by atoms with Gasteiger partial charge in [-0.05, 0) is 72.2 Å². The Bertz CT molecular complexity index is 2400. The highest BCUT2D eigenvalue weighted by molar-refractivity contribution is 6.25. The van der Waals surface area contributed by atoms with Gasteiger partial charge in [-0.15, -0.1) is 0 Å². The van der Waals surface area contributed by atoms with Crippen molar-refractivity contribution in [2.24, 2.45) is 5.73 Å². The summed E-state index contributed by atoms with van der Waals surface area (Å²) in [4.78, 5) is 13.8. The summed E-state index contributed by atoms with van der Waals surface area (Å²) >= 11 is 0. The van der Waals surface area contributed by atoms with Crippen LogP contribution in [-0.2, 0) is 0 Å². The van der Waals surface area contributed by atoms with Crippen LogP contribution in [0.1, 0.15) is 12.5 Å². The number of hydrogen-bond donors (Lipinski definition) is 1. The Labute approximate surface area is 254 Å². The zero-order valence-electron chi connectivity index (χ0n) is 24.1. The second-order valence-corrected chi connectivity index (χ2v) is 10.8. The molecule has 0 fully saturated rings. The Morgan fingerprint density at radius 1 is 0.682 bits per heavy atom. The van der Waals surface area contributed by atoms with Gasteiger partial charge in [-0.2, -0.15) is 0 Å². The average Bonchev–Trinajstić information content (AvgIpc) is 3.61. The number of hydrogen-bond acceptors (Lipinski definition) is 4. The van der Waals surface area contributed by atoms with Gasteiger partial charge in [-0.25, -0.2) is 4.98 Å². The van der Waals surface area contributed by atoms with E-state index >= 15 is 0 Å². The summed E-state index contributed by atoms with van der Waals surface area (Å²) in [6.07, 6.45) is 15.1. The average molecular weight is 569 g/mol. The molecule has 5 heterocycles. The number of nitrogens with two attached hydrogens (primary N) is 1. The Balaban J connectivity index is 1.55. The summed E-state index contributed by atoms with van der Waals surface area (Å²) in [7, 11) is 0. The van der Waals surface area contributed by atoms with Crippen LogP contribution in [0.15, 0.2) is 140 Å². The van der Waals surface area contributed by atoms with E-state index in [4.69, 9.17) is 10.7 Å². The fourth-order valence-electron chi connectivity index (χ4n) is 6.41. The molecular weight excluding hydrogens is 540 g/mol. The molecule has 44 heavy (non-hydrogen) atoms. The highest BCUT2D eigenvalue weighted by Gasteiger charge is 2.22. The Morgan fingerprint density at radius 3 is 2.20 bits per heavy atom. The molecule has 8 rings (SSSR count). The van der Waals surface area contributed by atoms with E-state index in [1.54, 1.807) is 12.4 Å². The molecule has 0 bridgehead atoms. The summed E-state index contributed by atoms with van der Waals surface area (Å²) < 4.78 is 4.61. The molecule has 5 aromatic heterocycles. The lowest BCUT2D eigenvalue weighted by Gasteiger charge is -2.14. The van der Waals surface area contributed by atoms with Crippen molar-refractivity contribution in [3.8, 4) is 22.5 Å². The van der Waals surface area contributed by atoms with E-state index in [0.717, 1.165) is 77.4 Å². The van der Waals surface area contributed by atoms with Gasteiger partial charge < -0.3 is 10.3 Å². The van der Waals surface area contributed by atoms with Gasteiger partial charge in [-0.1, -0.05) is 54.6 Å². The van der Waals surface area contributed by atoms with Gasteiger partial charge in [0.05, 0.1) is 27.6 Å². The van der Waals surface area contributed by atoms with Crippen LogP contribution in [-0.4, -0.2) is 24.1 Å². The number of nitrogens with zero attached hydrogens (tertiary/aromatic N) is 5. The lowest BCUT2D eigenvalue weighted by molar-refractivity contribution is 1.12. The van der Waals surface area contributed by atoms with Crippen LogP contribution < -0.4 is 5.73 Å². The van der Waals surface area contributed by atoms with Crippen LogP contribution in [0.25, 0.3) is 71.8 Å². The predicted molar refractivity (Wildman–Crippen MR) is 181 cm³/mol. The zero-order chi connectivity index (χ0) is 29.6. The van der Waals surface area contributed by atoms with Gasteiger partial charge in [0.1, 0.15) is 5.65 Å². The molecule has 0 aliphatic rings. The van der Waals surface area contributed by atoms with Crippen LogP contribution >= 0.6 is 0 Å². The van der Waals surface area contributed by atoms with Crippen molar-refractivity contribution >= 4 is 49.3 Å². The Morgan fingerprint density at radius 2 is 1.45 bits per heavy atom. The number of rotatable bonds is 5. The van der Waals surface area contributed by atoms with Crippen molar-refractivity contribution in [1.82, 2.24) is 24.1 Å². The number of pyridine rings is 3. The van der Waals surface area contributed by atoms with Crippen LogP contribution in [0, 0.1) is 0 Å². The van der Waals surface area contributed by atoms with Crippen molar-refractivity contribution in [2.45, 2.75) is 6.92 Å². The third kappa shape index (κ3) is 3.92. The van der Waals surface area contributed by atoms with Gasteiger partial charge >= 0.3 is 0 Å². The highest BCUT2D eigenvalue weighted by atomic mass is 15.1. The molecule has 0 amide bonds. The predicted octanol–water partition coefficient (Wildman–Crippen LogP) is 8.61. The summed E-state index contributed by atoms with van der Waals surface area (Å²) in [5, 5.41) is 4.49. The number of benzene rings is 3. The topological polar surface area (TPSA) is 74.5 Å². The van der Waals surface area contributed by atoms with Gasteiger partial charge in [0.15, 0.2) is 0 Å². The van der Waals surface area contributed by atoms with Crippen LogP contribution in [0.3, 0.4) is 0 Å². The van der Waals surface area contributed by atoms with Gasteiger partial charge in [-0.3, -0.25) is 14.5 Å². The molecule has 0 aliphatic carbocycles. The quantitative estimate of drug-likeness (QED) is 0.211. The molecule has 6 nitrogen and oxygen atoms in total. The Kier molecular flexibility index (Phi) is 6.05. The zero-order valence-corrected chi connectivity index (χ0v) is 24.1. The molecule has 0 atom stereocenters. The van der Waals surface area contributed by atoms with E-state index in [2.05, 4.69) is 91.9 Å². The SMILES string of the molecule is C/C=C\C(=C/N)c1cc(-c2cccnc2)cc(-n2c3ccccc3c3cnc4c(c5ccccc5n4-c4ccncc4)c32)c1. The van der Waals surface area contributed by atoms with Crippen molar-refractivity contribution in [3.05, 3.63) is 146 Å². The molecule has 3 aromatic carbocycles. The summed E-state index contributed by atoms with van der Waals surface area (Å²) in [5.74, 6) is 0. The smallest absolute Gasteiger partial charge is 0.147 e. The monoisotopic (exact) mass is 568 g/mol. The minimum Gasteiger partial charge on any atom is -0.404 e. The molecular formula is C38H28N6. The van der Waals surface area contributed by atoms with Crippen molar-refractivity contribution in [2.75, 3.05) is 0 Å². The maximum Gasteiger partial charge on any atom is 0.147 e. The largest absolute Gasteiger partial charge is 0.404 e. The van der Waals surface area contributed by atoms with E-state index < -0.39 is 0 Å². The van der Waals surface area contributed by atoms with E-state index in [0.29, 0.717) is 0 Å². The number of fused-ring (bicyclic) bond motifs is 7. The molecule has 0 saturated carbocycles. The third-order valence-corrected chi connectivity index (χ3v) is 8.27. The summed E-state index contributed by atoms with van der Waals surface area (Å²) in [5.41, 5.74) is 16.5. The minimum atomic E-state index is 0.897. The lowest BCUT2D eigenvalue weighted by Crippen LogP contribution is -1.99. The second kappa shape index (κ2) is 10.4. The molecule has 6 heteroatoms. The lowest BCUT2D eigenvalue weighted by atomic mass is 9.98. The maximum absolute atomic E-state index is 6.18. The third-order valence-electron chi connectivity index (χ3n) is 8.27. The highest BCUT2D eigenvalue weighted by Crippen LogP contribution is 2.41. The fourth-order valence-corrected chi connectivity index (χ4v) is 6.41. The molecule has 0 spiro atoms. The minimum absolute atomic E-state index is 0.897. The molecule has 8 aromatic rings.